The number of anilines is 1. The van der Waals surface area contributed by atoms with E-state index in [4.69, 9.17) is 5.73 Å². The summed E-state index contributed by atoms with van der Waals surface area (Å²) in [6.07, 6.45) is 3.56. The highest BCUT2D eigenvalue weighted by molar-refractivity contribution is 5.97. The zero-order valence-corrected chi connectivity index (χ0v) is 12.3. The van der Waals surface area contributed by atoms with E-state index >= 15 is 0 Å². The van der Waals surface area contributed by atoms with Crippen LogP contribution >= 0.6 is 0 Å². The third-order valence-corrected chi connectivity index (χ3v) is 3.78. The first-order valence-corrected chi connectivity index (χ1v) is 7.09. The summed E-state index contributed by atoms with van der Waals surface area (Å²) in [5.41, 5.74) is 6.69. The summed E-state index contributed by atoms with van der Waals surface area (Å²) in [6.45, 7) is 3.87. The minimum Gasteiger partial charge on any atom is -0.396 e. The molecule has 0 bridgehead atoms. The number of aromatic nitrogens is 5. The minimum absolute atomic E-state index is 0.151. The Morgan fingerprint density at radius 2 is 2.29 bits per heavy atom. The van der Waals surface area contributed by atoms with E-state index in [0.717, 1.165) is 31.0 Å². The van der Waals surface area contributed by atoms with Crippen molar-refractivity contribution in [1.82, 2.24) is 29.4 Å². The molecule has 2 aromatic rings. The molecular weight excluding hydrogens is 270 g/mol. The van der Waals surface area contributed by atoms with Crippen LogP contribution in [-0.2, 0) is 26.1 Å². The van der Waals surface area contributed by atoms with Crippen molar-refractivity contribution in [2.75, 3.05) is 12.8 Å². The van der Waals surface area contributed by atoms with Crippen molar-refractivity contribution >= 4 is 11.6 Å². The lowest BCUT2D eigenvalue weighted by atomic mass is 10.3. The summed E-state index contributed by atoms with van der Waals surface area (Å²) in [7, 11) is 1.74. The van der Waals surface area contributed by atoms with Gasteiger partial charge in [-0.3, -0.25) is 9.48 Å². The molecule has 8 nitrogen and oxygen atoms in total. The molecule has 2 aromatic heterocycles. The number of carbonyl (C=O) groups is 1. The van der Waals surface area contributed by atoms with Gasteiger partial charge in [-0.2, -0.15) is 5.10 Å². The number of nitrogens with two attached hydrogens (primary N) is 1. The molecule has 0 aromatic carbocycles. The molecule has 0 saturated heterocycles. The topological polar surface area (TPSA) is 94.9 Å². The van der Waals surface area contributed by atoms with E-state index in [2.05, 4.69) is 19.9 Å². The molecular formula is C13H19N7O. The molecule has 2 N–H and O–H groups in total. The second-order valence-electron chi connectivity index (χ2n) is 5.21. The zero-order valence-electron chi connectivity index (χ0n) is 12.3. The van der Waals surface area contributed by atoms with Gasteiger partial charge >= 0.3 is 0 Å². The monoisotopic (exact) mass is 289 g/mol. The average molecular weight is 289 g/mol. The van der Waals surface area contributed by atoms with Crippen molar-refractivity contribution in [3.63, 3.8) is 0 Å². The summed E-state index contributed by atoms with van der Waals surface area (Å²) < 4.78 is 3.70. The van der Waals surface area contributed by atoms with Crippen molar-refractivity contribution < 1.29 is 4.79 Å². The van der Waals surface area contributed by atoms with Gasteiger partial charge in [0, 0.05) is 26.6 Å². The number of aryl methyl sites for hydroxylation is 2. The highest BCUT2D eigenvalue weighted by Crippen LogP contribution is 2.17. The van der Waals surface area contributed by atoms with Crippen LogP contribution in [0.2, 0.25) is 0 Å². The first-order chi connectivity index (χ1) is 10.1. The number of rotatable bonds is 4. The smallest absolute Gasteiger partial charge is 0.274 e. The number of nitrogen functional groups attached to an aromatic ring is 1. The lowest BCUT2D eigenvalue weighted by Crippen LogP contribution is -2.30. The van der Waals surface area contributed by atoms with Crippen LogP contribution in [0.5, 0.6) is 0 Å². The molecule has 3 heterocycles. The maximum Gasteiger partial charge on any atom is 0.274 e. The molecule has 112 valence electrons. The third kappa shape index (κ3) is 2.26. The number of amides is 1. The van der Waals surface area contributed by atoms with Gasteiger partial charge in [-0.05, 0) is 13.3 Å². The van der Waals surface area contributed by atoms with E-state index in [0.29, 0.717) is 24.5 Å². The normalized spacial score (nSPS) is 13.4. The molecule has 8 heteroatoms. The minimum atomic E-state index is -0.151. The van der Waals surface area contributed by atoms with Gasteiger partial charge in [-0.15, -0.1) is 10.2 Å². The highest BCUT2D eigenvalue weighted by atomic mass is 16.2. The number of hydrogen-bond acceptors (Lipinski definition) is 5. The van der Waals surface area contributed by atoms with E-state index in [1.807, 2.05) is 6.92 Å². The van der Waals surface area contributed by atoms with Crippen LogP contribution in [0, 0.1) is 0 Å². The first-order valence-electron chi connectivity index (χ1n) is 7.09. The van der Waals surface area contributed by atoms with E-state index in [1.54, 1.807) is 16.6 Å². The third-order valence-electron chi connectivity index (χ3n) is 3.78. The van der Waals surface area contributed by atoms with Crippen molar-refractivity contribution in [3.8, 4) is 0 Å². The Morgan fingerprint density at radius 3 is 3.05 bits per heavy atom. The Morgan fingerprint density at radius 1 is 1.48 bits per heavy atom. The van der Waals surface area contributed by atoms with Gasteiger partial charge in [0.05, 0.1) is 18.4 Å². The average Bonchev–Trinajstić information content (AvgIpc) is 3.15. The number of nitrogens with zero attached hydrogens (tertiary/aromatic N) is 6. The maximum atomic E-state index is 12.6. The predicted octanol–water partition coefficient (Wildman–Crippen LogP) is 0.295. The quantitative estimate of drug-likeness (QED) is 0.873. The molecule has 0 aliphatic carbocycles. The second-order valence-corrected chi connectivity index (χ2v) is 5.21. The van der Waals surface area contributed by atoms with Crippen LogP contribution in [0.1, 0.15) is 35.5 Å². The molecule has 0 saturated carbocycles. The molecule has 1 aliphatic rings. The van der Waals surface area contributed by atoms with Gasteiger partial charge in [-0.25, -0.2) is 0 Å². The summed E-state index contributed by atoms with van der Waals surface area (Å²) in [6, 6.07) is 0. The van der Waals surface area contributed by atoms with Crippen molar-refractivity contribution in [1.29, 1.82) is 0 Å². The van der Waals surface area contributed by atoms with Crippen LogP contribution < -0.4 is 5.73 Å². The maximum absolute atomic E-state index is 12.6. The van der Waals surface area contributed by atoms with Crippen LogP contribution in [-0.4, -0.2) is 42.4 Å². The summed E-state index contributed by atoms with van der Waals surface area (Å²) in [5.74, 6) is 1.67. The molecule has 1 amide bonds. The van der Waals surface area contributed by atoms with Gasteiger partial charge in [0.15, 0.2) is 5.82 Å². The SMILES string of the molecule is CCn1ncc(N)c1C(=O)N(C)Cc1nnc2n1CCC2. The lowest BCUT2D eigenvalue weighted by Gasteiger charge is -2.17. The molecule has 1 aliphatic heterocycles. The molecule has 21 heavy (non-hydrogen) atoms. The van der Waals surface area contributed by atoms with E-state index in [1.165, 1.54) is 6.20 Å². The molecule has 0 radical (unpaired) electrons. The Hall–Kier alpha value is -2.38. The van der Waals surface area contributed by atoms with Gasteiger partial charge in [0.2, 0.25) is 0 Å². The largest absolute Gasteiger partial charge is 0.396 e. The van der Waals surface area contributed by atoms with Gasteiger partial charge in [0.1, 0.15) is 11.5 Å². The number of carbonyl (C=O) groups excluding carboxylic acids is 1. The standard InChI is InChI=1S/C13H19N7O/c1-3-20-12(9(14)7-15-20)13(21)18(2)8-11-17-16-10-5-4-6-19(10)11/h7H,3-6,8,14H2,1-2H3. The van der Waals surface area contributed by atoms with E-state index < -0.39 is 0 Å². The zero-order chi connectivity index (χ0) is 15.0. The summed E-state index contributed by atoms with van der Waals surface area (Å²) in [4.78, 5) is 14.2. The Kier molecular flexibility index (Phi) is 3.36. The molecule has 0 unspecified atom stereocenters. The van der Waals surface area contributed by atoms with Crippen LogP contribution in [0.4, 0.5) is 5.69 Å². The second kappa shape index (κ2) is 5.19. The first kappa shape index (κ1) is 13.6. The van der Waals surface area contributed by atoms with Crippen LogP contribution in [0.3, 0.4) is 0 Å². The van der Waals surface area contributed by atoms with E-state index in [-0.39, 0.29) is 5.91 Å². The molecule has 0 spiro atoms. The molecule has 3 rings (SSSR count). The fraction of sp³-hybridized carbons (Fsp3) is 0.538. The fourth-order valence-electron chi connectivity index (χ4n) is 2.67. The van der Waals surface area contributed by atoms with Crippen molar-refractivity contribution in [3.05, 3.63) is 23.5 Å². The molecule has 0 atom stereocenters. The van der Waals surface area contributed by atoms with E-state index in [9.17, 15) is 4.79 Å². The highest BCUT2D eigenvalue weighted by Gasteiger charge is 2.23. The summed E-state index contributed by atoms with van der Waals surface area (Å²) >= 11 is 0. The number of fused-ring (bicyclic) bond motifs is 1. The van der Waals surface area contributed by atoms with Gasteiger partial charge in [-0.1, -0.05) is 0 Å². The number of hydrogen-bond donors (Lipinski definition) is 1. The predicted molar refractivity (Wildman–Crippen MR) is 76.5 cm³/mol. The Balaban J connectivity index is 1.80. The lowest BCUT2D eigenvalue weighted by molar-refractivity contribution is 0.0769. The summed E-state index contributed by atoms with van der Waals surface area (Å²) in [5, 5.41) is 12.4. The van der Waals surface area contributed by atoms with Gasteiger partial charge < -0.3 is 15.2 Å². The van der Waals surface area contributed by atoms with Crippen LogP contribution in [0.15, 0.2) is 6.20 Å². The van der Waals surface area contributed by atoms with Crippen LogP contribution in [0.25, 0.3) is 0 Å². The van der Waals surface area contributed by atoms with Gasteiger partial charge in [0.25, 0.3) is 5.91 Å². The Bertz CT molecular complexity index is 672. The Labute approximate surface area is 122 Å². The van der Waals surface area contributed by atoms with Crippen molar-refractivity contribution in [2.45, 2.75) is 39.4 Å². The molecule has 0 fully saturated rings. The van der Waals surface area contributed by atoms with Crippen molar-refractivity contribution in [2.24, 2.45) is 0 Å². The fourth-order valence-corrected chi connectivity index (χ4v) is 2.67.